The van der Waals surface area contributed by atoms with Gasteiger partial charge >= 0.3 is 6.09 Å². The summed E-state index contributed by atoms with van der Waals surface area (Å²) in [7, 11) is 0. The van der Waals surface area contributed by atoms with Crippen LogP contribution in [0.5, 0.6) is 5.75 Å². The average Bonchev–Trinajstić information content (AvgIpc) is 3.01. The van der Waals surface area contributed by atoms with Gasteiger partial charge in [0.25, 0.3) is 0 Å². The molecule has 3 aromatic carbocycles. The molecule has 136 valence electrons. The predicted octanol–water partition coefficient (Wildman–Crippen LogP) is 5.65. The summed E-state index contributed by atoms with van der Waals surface area (Å²) in [5.74, 6) is -1.55. The van der Waals surface area contributed by atoms with Crippen LogP contribution in [0.3, 0.4) is 0 Å². The molecule has 0 bridgehead atoms. The Kier molecular flexibility index (Phi) is 4.58. The van der Waals surface area contributed by atoms with Crippen LogP contribution in [0.4, 0.5) is 14.9 Å². The van der Waals surface area contributed by atoms with Gasteiger partial charge in [-0.05, 0) is 50.3 Å². The lowest BCUT2D eigenvalue weighted by molar-refractivity contribution is 0.158. The second-order valence-corrected chi connectivity index (χ2v) is 7.06. The number of nitrogens with one attached hydrogen (secondary N) is 1. The average molecular weight is 428 g/mol. The van der Waals surface area contributed by atoms with E-state index in [0.29, 0.717) is 0 Å². The molecule has 0 atom stereocenters. The predicted molar refractivity (Wildman–Crippen MR) is 104 cm³/mol. The van der Waals surface area contributed by atoms with Crippen molar-refractivity contribution in [3.63, 3.8) is 0 Å². The van der Waals surface area contributed by atoms with Crippen LogP contribution in [0.1, 0.15) is 17.0 Å². The third-order valence-corrected chi connectivity index (χ3v) is 5.26. The molecule has 4 rings (SSSR count). The molecule has 1 amide bonds. The Labute approximate surface area is 163 Å². The second kappa shape index (κ2) is 7.04. The van der Waals surface area contributed by atoms with Crippen molar-refractivity contribution in [2.24, 2.45) is 0 Å². The van der Waals surface area contributed by atoms with Gasteiger partial charge in [0.1, 0.15) is 6.61 Å². The lowest BCUT2D eigenvalue weighted by Gasteiger charge is -2.15. The van der Waals surface area contributed by atoms with E-state index in [1.807, 2.05) is 36.4 Å². The zero-order chi connectivity index (χ0) is 19.0. The zero-order valence-electron chi connectivity index (χ0n) is 14.1. The van der Waals surface area contributed by atoms with Gasteiger partial charge in [0.2, 0.25) is 0 Å². The maximum Gasteiger partial charge on any atom is 0.411 e. The summed E-state index contributed by atoms with van der Waals surface area (Å²) in [5, 5.41) is 12.2. The molecule has 0 saturated heterocycles. The van der Waals surface area contributed by atoms with E-state index in [9.17, 15) is 14.3 Å². The highest BCUT2D eigenvalue weighted by atomic mass is 79.9. The van der Waals surface area contributed by atoms with Gasteiger partial charge in [-0.2, -0.15) is 0 Å². The number of halogens is 2. The van der Waals surface area contributed by atoms with E-state index in [1.165, 1.54) is 12.1 Å². The number of ether oxygens (including phenoxy) is 1. The standard InChI is InChI=1S/C21H15BrFNO3/c22-17-9-10-18(20(25)19(17)23)24-21(26)27-11-16-14-7-3-1-5-12(14)13-6-2-4-8-15(13)16/h1-10,16,25H,11H2,(H,24,26). The SMILES string of the molecule is O=C(Nc1ccc(Br)c(F)c1O)OCC1c2ccccc2-c2ccccc21. The van der Waals surface area contributed by atoms with Crippen molar-refractivity contribution >= 4 is 27.7 Å². The fourth-order valence-corrected chi connectivity index (χ4v) is 3.71. The summed E-state index contributed by atoms with van der Waals surface area (Å²) in [6, 6.07) is 18.8. The summed E-state index contributed by atoms with van der Waals surface area (Å²) in [6.45, 7) is 0.139. The zero-order valence-corrected chi connectivity index (χ0v) is 15.7. The van der Waals surface area contributed by atoms with E-state index in [1.54, 1.807) is 0 Å². The summed E-state index contributed by atoms with van der Waals surface area (Å²) in [6.07, 6.45) is -0.756. The van der Waals surface area contributed by atoms with E-state index in [2.05, 4.69) is 33.4 Å². The molecule has 4 nitrogen and oxygen atoms in total. The van der Waals surface area contributed by atoms with Gasteiger partial charge in [-0.25, -0.2) is 9.18 Å². The van der Waals surface area contributed by atoms with E-state index in [4.69, 9.17) is 4.74 Å². The Morgan fingerprint density at radius 3 is 2.26 bits per heavy atom. The van der Waals surface area contributed by atoms with Crippen LogP contribution in [0, 0.1) is 5.82 Å². The topological polar surface area (TPSA) is 58.6 Å². The highest BCUT2D eigenvalue weighted by Crippen LogP contribution is 2.44. The van der Waals surface area contributed by atoms with Crippen LogP contribution < -0.4 is 5.32 Å². The molecule has 0 heterocycles. The van der Waals surface area contributed by atoms with Gasteiger partial charge in [-0.3, -0.25) is 5.32 Å². The van der Waals surface area contributed by atoms with Gasteiger partial charge in [0.15, 0.2) is 11.6 Å². The number of fused-ring (bicyclic) bond motifs is 3. The van der Waals surface area contributed by atoms with E-state index in [-0.39, 0.29) is 22.7 Å². The molecular weight excluding hydrogens is 413 g/mol. The summed E-state index contributed by atoms with van der Waals surface area (Å²) in [4.78, 5) is 12.2. The van der Waals surface area contributed by atoms with Crippen LogP contribution in [0.2, 0.25) is 0 Å². The number of hydrogen-bond acceptors (Lipinski definition) is 3. The second-order valence-electron chi connectivity index (χ2n) is 6.21. The molecule has 6 heteroatoms. The lowest BCUT2D eigenvalue weighted by Crippen LogP contribution is -2.18. The van der Waals surface area contributed by atoms with Gasteiger partial charge < -0.3 is 9.84 Å². The van der Waals surface area contributed by atoms with Gasteiger partial charge in [-0.1, -0.05) is 48.5 Å². The first kappa shape index (κ1) is 17.5. The number of benzene rings is 3. The van der Waals surface area contributed by atoms with Crippen molar-refractivity contribution in [1.29, 1.82) is 0 Å². The number of amides is 1. The quantitative estimate of drug-likeness (QED) is 0.530. The molecule has 0 radical (unpaired) electrons. The third kappa shape index (κ3) is 3.17. The molecule has 27 heavy (non-hydrogen) atoms. The van der Waals surface area contributed by atoms with Crippen molar-refractivity contribution in [3.05, 3.63) is 82.1 Å². The minimum absolute atomic E-state index is 0.0482. The first-order valence-electron chi connectivity index (χ1n) is 8.35. The van der Waals surface area contributed by atoms with Crippen LogP contribution >= 0.6 is 15.9 Å². The van der Waals surface area contributed by atoms with Crippen molar-refractivity contribution in [2.45, 2.75) is 5.92 Å². The molecule has 0 aliphatic heterocycles. The van der Waals surface area contributed by atoms with Crippen LogP contribution in [0.25, 0.3) is 11.1 Å². The van der Waals surface area contributed by atoms with Crippen LogP contribution in [-0.4, -0.2) is 17.8 Å². The summed E-state index contributed by atoms with van der Waals surface area (Å²) >= 11 is 2.97. The van der Waals surface area contributed by atoms with Gasteiger partial charge in [-0.15, -0.1) is 0 Å². The number of phenols is 1. The number of phenolic OH excluding ortho intramolecular Hbond substituents is 1. The van der Waals surface area contributed by atoms with Crippen LogP contribution in [0.15, 0.2) is 65.1 Å². The Morgan fingerprint density at radius 1 is 1.04 bits per heavy atom. The number of rotatable bonds is 3. The first-order chi connectivity index (χ1) is 13.1. The monoisotopic (exact) mass is 427 g/mol. The number of carbonyl (C=O) groups excluding carboxylic acids is 1. The largest absolute Gasteiger partial charge is 0.503 e. The van der Waals surface area contributed by atoms with Crippen molar-refractivity contribution in [2.75, 3.05) is 11.9 Å². The molecule has 1 aliphatic rings. The molecule has 0 unspecified atom stereocenters. The Balaban J connectivity index is 1.51. The van der Waals surface area contributed by atoms with Crippen molar-refractivity contribution < 1.29 is 19.0 Å². The van der Waals surface area contributed by atoms with Gasteiger partial charge in [0.05, 0.1) is 10.2 Å². The third-order valence-electron chi connectivity index (χ3n) is 4.65. The Morgan fingerprint density at radius 2 is 1.63 bits per heavy atom. The molecule has 0 aromatic heterocycles. The normalized spacial score (nSPS) is 12.4. The molecular formula is C21H15BrFNO3. The molecule has 3 aromatic rings. The molecule has 0 saturated carbocycles. The van der Waals surface area contributed by atoms with E-state index in [0.717, 1.165) is 22.3 Å². The summed E-state index contributed by atoms with van der Waals surface area (Å²) < 4.78 is 19.2. The minimum Gasteiger partial charge on any atom is -0.503 e. The smallest absolute Gasteiger partial charge is 0.411 e. The molecule has 2 N–H and O–H groups in total. The molecule has 0 fully saturated rings. The minimum atomic E-state index is -0.841. The van der Waals surface area contributed by atoms with Crippen molar-refractivity contribution in [3.8, 4) is 16.9 Å². The van der Waals surface area contributed by atoms with E-state index < -0.39 is 17.7 Å². The molecule has 0 spiro atoms. The maximum absolute atomic E-state index is 13.7. The van der Waals surface area contributed by atoms with Crippen molar-refractivity contribution in [1.82, 2.24) is 0 Å². The fraction of sp³-hybridized carbons (Fsp3) is 0.0952. The Bertz CT molecular complexity index is 992. The fourth-order valence-electron chi connectivity index (χ4n) is 3.39. The number of anilines is 1. The number of carbonyl (C=O) groups is 1. The summed E-state index contributed by atoms with van der Waals surface area (Å²) in [5.41, 5.74) is 4.42. The maximum atomic E-state index is 13.7. The van der Waals surface area contributed by atoms with E-state index >= 15 is 0 Å². The van der Waals surface area contributed by atoms with Crippen LogP contribution in [-0.2, 0) is 4.74 Å². The number of aromatic hydroxyl groups is 1. The highest BCUT2D eigenvalue weighted by molar-refractivity contribution is 9.10. The number of hydrogen-bond donors (Lipinski definition) is 2. The lowest BCUT2D eigenvalue weighted by atomic mass is 9.98. The Hall–Kier alpha value is -2.86. The van der Waals surface area contributed by atoms with Gasteiger partial charge in [0, 0.05) is 5.92 Å². The highest BCUT2D eigenvalue weighted by Gasteiger charge is 2.29. The molecule has 1 aliphatic carbocycles. The first-order valence-corrected chi connectivity index (χ1v) is 9.14.